The van der Waals surface area contributed by atoms with Crippen LogP contribution in [0, 0.1) is 0 Å². The monoisotopic (exact) mass is 374 g/mol. The van der Waals surface area contributed by atoms with E-state index in [2.05, 4.69) is 9.97 Å². The van der Waals surface area contributed by atoms with Crippen molar-refractivity contribution in [1.82, 2.24) is 19.9 Å². The fourth-order valence-corrected chi connectivity index (χ4v) is 3.70. The Balaban J connectivity index is 1.57. The van der Waals surface area contributed by atoms with Crippen molar-refractivity contribution in [2.75, 3.05) is 13.7 Å². The summed E-state index contributed by atoms with van der Waals surface area (Å²) in [5.41, 5.74) is 3.34. The standard InChI is InChI=1S/C22H22N4O2/c1-28-21-10-3-2-6-16(21)14-17-7-4-8-18(25-17)20-9-5-13-26(20)22(27)19-15-23-11-12-24-19/h2-4,6-8,10-12,15,20H,5,9,13-14H2,1H3/t20-/m1/s1. The number of amides is 1. The Bertz CT molecular complexity index is 962. The quantitative estimate of drug-likeness (QED) is 0.684. The highest BCUT2D eigenvalue weighted by Gasteiger charge is 2.32. The third-order valence-corrected chi connectivity index (χ3v) is 5.03. The van der Waals surface area contributed by atoms with Crippen molar-refractivity contribution in [3.8, 4) is 5.75 Å². The fraction of sp³-hybridized carbons (Fsp3) is 0.273. The third-order valence-electron chi connectivity index (χ3n) is 5.03. The lowest BCUT2D eigenvalue weighted by Crippen LogP contribution is -2.31. The van der Waals surface area contributed by atoms with Crippen LogP contribution < -0.4 is 4.74 Å². The van der Waals surface area contributed by atoms with Gasteiger partial charge in [0, 0.05) is 36.6 Å². The molecule has 1 aliphatic heterocycles. The number of likely N-dealkylation sites (tertiary alicyclic amines) is 1. The largest absolute Gasteiger partial charge is 0.496 e. The molecular formula is C22H22N4O2. The van der Waals surface area contributed by atoms with Crippen LogP contribution in [0.15, 0.2) is 61.1 Å². The first kappa shape index (κ1) is 18.1. The van der Waals surface area contributed by atoms with Crippen LogP contribution in [0.25, 0.3) is 0 Å². The molecule has 0 spiro atoms. The summed E-state index contributed by atoms with van der Waals surface area (Å²) < 4.78 is 5.45. The molecule has 28 heavy (non-hydrogen) atoms. The maximum Gasteiger partial charge on any atom is 0.274 e. The Hall–Kier alpha value is -3.28. The van der Waals surface area contributed by atoms with Gasteiger partial charge in [0.15, 0.2) is 0 Å². The second-order valence-electron chi connectivity index (χ2n) is 6.79. The molecule has 4 rings (SSSR count). The first-order chi connectivity index (χ1) is 13.8. The zero-order valence-corrected chi connectivity index (χ0v) is 15.8. The number of aromatic nitrogens is 3. The predicted molar refractivity (Wildman–Crippen MR) is 105 cm³/mol. The molecule has 0 unspecified atom stereocenters. The van der Waals surface area contributed by atoms with Gasteiger partial charge < -0.3 is 9.64 Å². The molecule has 6 heteroatoms. The van der Waals surface area contributed by atoms with E-state index in [1.807, 2.05) is 47.4 Å². The molecule has 1 aliphatic rings. The first-order valence-electron chi connectivity index (χ1n) is 9.41. The summed E-state index contributed by atoms with van der Waals surface area (Å²) >= 11 is 0. The van der Waals surface area contributed by atoms with Crippen molar-refractivity contribution in [2.24, 2.45) is 0 Å². The van der Waals surface area contributed by atoms with Crippen LogP contribution in [-0.2, 0) is 6.42 Å². The van der Waals surface area contributed by atoms with Gasteiger partial charge in [0.25, 0.3) is 5.91 Å². The van der Waals surface area contributed by atoms with Gasteiger partial charge in [-0.05, 0) is 31.0 Å². The van der Waals surface area contributed by atoms with Crippen LogP contribution >= 0.6 is 0 Å². The summed E-state index contributed by atoms with van der Waals surface area (Å²) in [6, 6.07) is 14.0. The highest BCUT2D eigenvalue weighted by Crippen LogP contribution is 2.32. The molecule has 1 saturated heterocycles. The Labute approximate surface area is 164 Å². The van der Waals surface area contributed by atoms with Crippen LogP contribution in [0.5, 0.6) is 5.75 Å². The van der Waals surface area contributed by atoms with Crippen molar-refractivity contribution >= 4 is 5.91 Å². The average molecular weight is 374 g/mol. The van der Waals surface area contributed by atoms with Crippen molar-refractivity contribution in [1.29, 1.82) is 0 Å². The molecule has 3 aromatic rings. The molecule has 0 radical (unpaired) electrons. The van der Waals surface area contributed by atoms with E-state index in [0.717, 1.165) is 35.5 Å². The van der Waals surface area contributed by atoms with Crippen LogP contribution in [0.2, 0.25) is 0 Å². The number of rotatable bonds is 5. The second-order valence-corrected chi connectivity index (χ2v) is 6.79. The number of hydrogen-bond donors (Lipinski definition) is 0. The summed E-state index contributed by atoms with van der Waals surface area (Å²) in [7, 11) is 1.68. The second kappa shape index (κ2) is 8.17. The van der Waals surface area contributed by atoms with Gasteiger partial charge in [-0.3, -0.25) is 14.8 Å². The van der Waals surface area contributed by atoms with Crippen molar-refractivity contribution < 1.29 is 9.53 Å². The van der Waals surface area contributed by atoms with E-state index in [-0.39, 0.29) is 11.9 Å². The minimum absolute atomic E-state index is 0.0351. The van der Waals surface area contributed by atoms with E-state index >= 15 is 0 Å². The SMILES string of the molecule is COc1ccccc1Cc1cccc([C@H]2CCCN2C(=O)c2cnccn2)n1. The van der Waals surface area contributed by atoms with E-state index < -0.39 is 0 Å². The van der Waals surface area contributed by atoms with Gasteiger partial charge in [-0.2, -0.15) is 0 Å². The molecule has 1 atom stereocenters. The number of nitrogens with zero attached hydrogens (tertiary/aromatic N) is 4. The lowest BCUT2D eigenvalue weighted by atomic mass is 10.1. The topological polar surface area (TPSA) is 68.2 Å². The molecule has 0 N–H and O–H groups in total. The molecule has 1 fully saturated rings. The summed E-state index contributed by atoms with van der Waals surface area (Å²) in [6.07, 6.45) is 7.17. The van der Waals surface area contributed by atoms with Gasteiger partial charge in [0.05, 0.1) is 25.0 Å². The molecule has 3 heterocycles. The minimum atomic E-state index is -0.0902. The third kappa shape index (κ3) is 3.71. The van der Waals surface area contributed by atoms with E-state index in [9.17, 15) is 4.79 Å². The highest BCUT2D eigenvalue weighted by atomic mass is 16.5. The summed E-state index contributed by atoms with van der Waals surface area (Å²) in [4.78, 5) is 27.8. The number of para-hydroxylation sites is 1. The van der Waals surface area contributed by atoms with Crippen LogP contribution in [0.3, 0.4) is 0 Å². The van der Waals surface area contributed by atoms with Gasteiger partial charge in [0.1, 0.15) is 11.4 Å². The van der Waals surface area contributed by atoms with E-state index in [4.69, 9.17) is 9.72 Å². The molecule has 0 aliphatic carbocycles. The number of ether oxygens (including phenoxy) is 1. The lowest BCUT2D eigenvalue weighted by Gasteiger charge is -2.24. The maximum atomic E-state index is 12.9. The highest BCUT2D eigenvalue weighted by molar-refractivity contribution is 5.92. The smallest absolute Gasteiger partial charge is 0.274 e. The number of methoxy groups -OCH3 is 1. The van der Waals surface area contributed by atoms with Crippen molar-refractivity contribution in [3.05, 3.63) is 83.7 Å². The number of carbonyl (C=O) groups is 1. The predicted octanol–water partition coefficient (Wildman–Crippen LogP) is 3.45. The van der Waals surface area contributed by atoms with E-state index in [0.29, 0.717) is 18.7 Å². The minimum Gasteiger partial charge on any atom is -0.496 e. The Morgan fingerprint density at radius 1 is 1.18 bits per heavy atom. The number of benzene rings is 1. The molecular weight excluding hydrogens is 352 g/mol. The molecule has 6 nitrogen and oxygen atoms in total. The summed E-state index contributed by atoms with van der Waals surface area (Å²) in [6.45, 7) is 0.707. The zero-order valence-electron chi connectivity index (χ0n) is 15.8. The van der Waals surface area contributed by atoms with E-state index in [1.54, 1.807) is 19.5 Å². The van der Waals surface area contributed by atoms with Crippen LogP contribution in [-0.4, -0.2) is 39.4 Å². The average Bonchev–Trinajstić information content (AvgIpc) is 3.24. The van der Waals surface area contributed by atoms with Crippen LogP contribution in [0.1, 0.15) is 46.3 Å². The normalized spacial score (nSPS) is 16.2. The zero-order chi connectivity index (χ0) is 19.3. The van der Waals surface area contributed by atoms with Gasteiger partial charge in [-0.15, -0.1) is 0 Å². The molecule has 142 valence electrons. The van der Waals surface area contributed by atoms with Crippen molar-refractivity contribution in [3.63, 3.8) is 0 Å². The number of pyridine rings is 1. The molecule has 2 aromatic heterocycles. The Morgan fingerprint density at radius 2 is 2.07 bits per heavy atom. The van der Waals surface area contributed by atoms with E-state index in [1.165, 1.54) is 6.20 Å². The van der Waals surface area contributed by atoms with Gasteiger partial charge >= 0.3 is 0 Å². The maximum absolute atomic E-state index is 12.9. The van der Waals surface area contributed by atoms with Gasteiger partial charge in [0.2, 0.25) is 0 Å². The van der Waals surface area contributed by atoms with Gasteiger partial charge in [-0.25, -0.2) is 4.98 Å². The van der Waals surface area contributed by atoms with Crippen molar-refractivity contribution in [2.45, 2.75) is 25.3 Å². The summed E-state index contributed by atoms with van der Waals surface area (Å²) in [5.74, 6) is 0.766. The Morgan fingerprint density at radius 3 is 2.89 bits per heavy atom. The molecule has 0 saturated carbocycles. The van der Waals surface area contributed by atoms with Gasteiger partial charge in [-0.1, -0.05) is 24.3 Å². The lowest BCUT2D eigenvalue weighted by molar-refractivity contribution is 0.0726. The fourth-order valence-electron chi connectivity index (χ4n) is 3.70. The number of carbonyl (C=O) groups excluding carboxylic acids is 1. The number of hydrogen-bond acceptors (Lipinski definition) is 5. The van der Waals surface area contributed by atoms with Crippen LogP contribution in [0.4, 0.5) is 0 Å². The molecule has 1 aromatic carbocycles. The molecule has 0 bridgehead atoms. The molecule has 1 amide bonds. The summed E-state index contributed by atoms with van der Waals surface area (Å²) in [5, 5.41) is 0. The first-order valence-corrected chi connectivity index (χ1v) is 9.41. The Kier molecular flexibility index (Phi) is 5.28.